The lowest BCUT2D eigenvalue weighted by Gasteiger charge is -2.12. The van der Waals surface area contributed by atoms with Gasteiger partial charge in [-0.15, -0.1) is 0 Å². The third kappa shape index (κ3) is 1.92. The quantitative estimate of drug-likeness (QED) is 0.854. The van der Waals surface area contributed by atoms with Gasteiger partial charge in [0.15, 0.2) is 9.84 Å². The zero-order valence-corrected chi connectivity index (χ0v) is 10.3. The molecule has 0 unspecified atom stereocenters. The number of aromatic amines is 1. The number of hydrogen-bond acceptors (Lipinski definition) is 3. The van der Waals surface area contributed by atoms with Crippen LogP contribution in [0.1, 0.15) is 11.3 Å². The predicted octanol–water partition coefficient (Wildman–Crippen LogP) is 1.69. The van der Waals surface area contributed by atoms with Crippen LogP contribution in [0.2, 0.25) is 0 Å². The van der Waals surface area contributed by atoms with Crippen LogP contribution in [-0.2, 0) is 22.0 Å². The predicted molar refractivity (Wildman–Crippen MR) is 65.2 cm³/mol. The Labute approximate surface area is 104 Å². The Morgan fingerprint density at radius 3 is 2.67 bits per heavy atom. The van der Waals surface area contributed by atoms with Gasteiger partial charge in [0.05, 0.1) is 17.2 Å². The molecule has 0 amide bonds. The first kappa shape index (κ1) is 11.4. The molecule has 6 heteroatoms. The Balaban J connectivity index is 2.10. The van der Waals surface area contributed by atoms with E-state index in [4.69, 9.17) is 0 Å². The first-order valence-electron chi connectivity index (χ1n) is 5.58. The summed E-state index contributed by atoms with van der Waals surface area (Å²) in [6.07, 6.45) is 0.464. The van der Waals surface area contributed by atoms with Gasteiger partial charge in [0, 0.05) is 23.2 Å². The fourth-order valence-electron chi connectivity index (χ4n) is 2.16. The number of sulfone groups is 1. The van der Waals surface area contributed by atoms with Crippen molar-refractivity contribution in [1.82, 2.24) is 10.2 Å². The molecule has 3 rings (SSSR count). The molecule has 0 saturated carbocycles. The normalized spacial score (nSPS) is 17.4. The van der Waals surface area contributed by atoms with Crippen LogP contribution in [0, 0.1) is 5.82 Å². The van der Waals surface area contributed by atoms with E-state index in [0.29, 0.717) is 17.7 Å². The summed E-state index contributed by atoms with van der Waals surface area (Å²) >= 11 is 0. The van der Waals surface area contributed by atoms with Crippen LogP contribution < -0.4 is 0 Å². The van der Waals surface area contributed by atoms with E-state index in [-0.39, 0.29) is 17.3 Å². The van der Waals surface area contributed by atoms with Crippen LogP contribution in [0.25, 0.3) is 11.3 Å². The molecule has 4 nitrogen and oxygen atoms in total. The highest BCUT2D eigenvalue weighted by molar-refractivity contribution is 7.90. The van der Waals surface area contributed by atoms with Gasteiger partial charge in [-0.25, -0.2) is 12.8 Å². The molecule has 0 atom stereocenters. The second-order valence-corrected chi connectivity index (χ2v) is 6.56. The second kappa shape index (κ2) is 3.91. The summed E-state index contributed by atoms with van der Waals surface area (Å²) in [6, 6.07) is 5.89. The summed E-state index contributed by atoms with van der Waals surface area (Å²) in [5.74, 6) is -0.160. The number of nitrogens with zero attached hydrogens (tertiary/aromatic N) is 1. The molecule has 1 aromatic heterocycles. The van der Waals surface area contributed by atoms with Crippen molar-refractivity contribution in [2.24, 2.45) is 0 Å². The maximum atomic E-state index is 12.9. The Morgan fingerprint density at radius 1 is 1.22 bits per heavy atom. The largest absolute Gasteiger partial charge is 0.282 e. The summed E-state index contributed by atoms with van der Waals surface area (Å²) in [7, 11) is -3.04. The van der Waals surface area contributed by atoms with Gasteiger partial charge >= 0.3 is 0 Å². The molecule has 0 saturated heterocycles. The summed E-state index contributed by atoms with van der Waals surface area (Å²) in [5, 5.41) is 7.02. The van der Waals surface area contributed by atoms with Crippen molar-refractivity contribution < 1.29 is 12.8 Å². The van der Waals surface area contributed by atoms with Gasteiger partial charge in [-0.3, -0.25) is 5.10 Å². The SMILES string of the molecule is O=S1(=O)CCc2[nH]nc(-c3ccc(F)cc3)c2C1. The molecular weight excluding hydrogens is 255 g/mol. The topological polar surface area (TPSA) is 62.8 Å². The van der Waals surface area contributed by atoms with Gasteiger partial charge in [0.1, 0.15) is 5.82 Å². The Morgan fingerprint density at radius 2 is 1.94 bits per heavy atom. The lowest BCUT2D eigenvalue weighted by atomic mass is 10.1. The summed E-state index contributed by atoms with van der Waals surface area (Å²) in [5.41, 5.74) is 2.91. The van der Waals surface area contributed by atoms with Crippen molar-refractivity contribution in [2.45, 2.75) is 12.2 Å². The van der Waals surface area contributed by atoms with E-state index in [9.17, 15) is 12.8 Å². The summed E-state index contributed by atoms with van der Waals surface area (Å²) < 4.78 is 36.2. The van der Waals surface area contributed by atoms with Gasteiger partial charge in [-0.2, -0.15) is 5.10 Å². The second-order valence-electron chi connectivity index (χ2n) is 4.38. The highest BCUT2D eigenvalue weighted by Gasteiger charge is 2.26. The van der Waals surface area contributed by atoms with Gasteiger partial charge in [0.2, 0.25) is 0 Å². The molecule has 0 spiro atoms. The first-order chi connectivity index (χ1) is 8.55. The monoisotopic (exact) mass is 266 g/mol. The third-order valence-electron chi connectivity index (χ3n) is 3.10. The Bertz CT molecular complexity index is 689. The third-order valence-corrected chi connectivity index (χ3v) is 4.65. The van der Waals surface area contributed by atoms with Crippen LogP contribution in [0.4, 0.5) is 4.39 Å². The molecular formula is C12H11FN2O2S. The maximum Gasteiger partial charge on any atom is 0.154 e. The first-order valence-corrected chi connectivity index (χ1v) is 7.40. The van der Waals surface area contributed by atoms with Gasteiger partial charge in [0.25, 0.3) is 0 Å². The van der Waals surface area contributed by atoms with E-state index < -0.39 is 9.84 Å². The minimum atomic E-state index is -3.04. The van der Waals surface area contributed by atoms with Crippen LogP contribution >= 0.6 is 0 Å². The minimum absolute atomic E-state index is 0.00550. The van der Waals surface area contributed by atoms with E-state index in [1.165, 1.54) is 12.1 Å². The Kier molecular flexibility index (Phi) is 2.48. The van der Waals surface area contributed by atoms with Crippen molar-refractivity contribution >= 4 is 9.84 Å². The number of H-pyrrole nitrogens is 1. The van der Waals surface area contributed by atoms with E-state index in [1.807, 2.05) is 0 Å². The number of benzene rings is 1. The van der Waals surface area contributed by atoms with E-state index in [1.54, 1.807) is 12.1 Å². The molecule has 2 heterocycles. The van der Waals surface area contributed by atoms with Crippen LogP contribution in [0.5, 0.6) is 0 Å². The molecule has 18 heavy (non-hydrogen) atoms. The lowest BCUT2D eigenvalue weighted by molar-refractivity contribution is 0.591. The van der Waals surface area contributed by atoms with Crippen LogP contribution in [0.3, 0.4) is 0 Å². The van der Waals surface area contributed by atoms with E-state index in [2.05, 4.69) is 10.2 Å². The van der Waals surface area contributed by atoms with Crippen molar-refractivity contribution in [1.29, 1.82) is 0 Å². The van der Waals surface area contributed by atoms with Crippen molar-refractivity contribution in [2.75, 3.05) is 5.75 Å². The summed E-state index contributed by atoms with van der Waals surface area (Å²) in [4.78, 5) is 0. The number of halogens is 1. The number of hydrogen-bond donors (Lipinski definition) is 1. The number of nitrogens with one attached hydrogen (secondary N) is 1. The highest BCUT2D eigenvalue weighted by atomic mass is 32.2. The molecule has 0 aliphatic carbocycles. The lowest BCUT2D eigenvalue weighted by Crippen LogP contribution is -2.18. The molecule has 0 bridgehead atoms. The van der Waals surface area contributed by atoms with Crippen LogP contribution in [-0.4, -0.2) is 24.4 Å². The standard InChI is InChI=1S/C12H11FN2O2S/c13-9-3-1-8(2-4-9)12-10-7-18(16,17)6-5-11(10)14-15-12/h1-4H,5-7H2,(H,14,15). The fourth-order valence-corrected chi connectivity index (χ4v) is 3.57. The number of fused-ring (bicyclic) bond motifs is 1. The van der Waals surface area contributed by atoms with Crippen molar-refractivity contribution in [3.8, 4) is 11.3 Å². The highest BCUT2D eigenvalue weighted by Crippen LogP contribution is 2.29. The average Bonchev–Trinajstić information content (AvgIpc) is 2.71. The number of aromatic nitrogens is 2. The smallest absolute Gasteiger partial charge is 0.154 e. The number of aryl methyl sites for hydroxylation is 1. The molecule has 94 valence electrons. The minimum Gasteiger partial charge on any atom is -0.282 e. The van der Waals surface area contributed by atoms with Crippen molar-refractivity contribution in [3.63, 3.8) is 0 Å². The summed E-state index contributed by atoms with van der Waals surface area (Å²) in [6.45, 7) is 0. The zero-order valence-electron chi connectivity index (χ0n) is 9.48. The number of rotatable bonds is 1. The maximum absolute atomic E-state index is 12.9. The average molecular weight is 266 g/mol. The van der Waals surface area contributed by atoms with Gasteiger partial charge in [-0.1, -0.05) is 0 Å². The van der Waals surface area contributed by atoms with Crippen LogP contribution in [0.15, 0.2) is 24.3 Å². The molecule has 1 aliphatic heterocycles. The molecule has 0 fully saturated rings. The van der Waals surface area contributed by atoms with E-state index >= 15 is 0 Å². The molecule has 1 N–H and O–H groups in total. The van der Waals surface area contributed by atoms with Gasteiger partial charge in [-0.05, 0) is 24.3 Å². The molecule has 2 aromatic rings. The van der Waals surface area contributed by atoms with Gasteiger partial charge < -0.3 is 0 Å². The Hall–Kier alpha value is -1.69. The molecule has 0 radical (unpaired) electrons. The molecule has 1 aliphatic rings. The fraction of sp³-hybridized carbons (Fsp3) is 0.250. The van der Waals surface area contributed by atoms with Crippen molar-refractivity contribution in [3.05, 3.63) is 41.3 Å². The molecule has 1 aromatic carbocycles. The zero-order chi connectivity index (χ0) is 12.8. The van der Waals surface area contributed by atoms with E-state index in [0.717, 1.165) is 11.3 Å².